The molecule has 2 aliphatic heterocycles. The van der Waals surface area contributed by atoms with E-state index in [1.54, 1.807) is 0 Å². The van der Waals surface area contributed by atoms with Crippen molar-refractivity contribution in [3.05, 3.63) is 12.3 Å². The number of alkyl halides is 5. The van der Waals surface area contributed by atoms with Crippen molar-refractivity contribution in [2.24, 2.45) is 0 Å². The van der Waals surface area contributed by atoms with Crippen molar-refractivity contribution < 1.29 is 36.2 Å². The van der Waals surface area contributed by atoms with Crippen LogP contribution in [0, 0.1) is 0 Å². The second-order valence-electron chi connectivity index (χ2n) is 4.90. The van der Waals surface area contributed by atoms with Crippen molar-refractivity contribution >= 4 is 5.78 Å². The standard InChI is InChI=1S/C12H14F5NO3/c13-11(14,12(15,16)17)9(19)1-4-18-5-2-10(3-6-18)20-7-8-21-10/h1,4H,2-3,5-8H2. The summed E-state index contributed by atoms with van der Waals surface area (Å²) < 4.78 is 72.4. The molecule has 4 nitrogen and oxygen atoms in total. The molecule has 0 saturated carbocycles. The minimum atomic E-state index is -5.88. The van der Waals surface area contributed by atoms with Crippen LogP contribution >= 0.6 is 0 Å². The van der Waals surface area contributed by atoms with Gasteiger partial charge in [0.25, 0.3) is 0 Å². The van der Waals surface area contributed by atoms with Gasteiger partial charge >= 0.3 is 12.1 Å². The molecule has 0 aromatic rings. The van der Waals surface area contributed by atoms with E-state index in [0.29, 0.717) is 39.1 Å². The van der Waals surface area contributed by atoms with Gasteiger partial charge in [-0.3, -0.25) is 4.79 Å². The van der Waals surface area contributed by atoms with Gasteiger partial charge in [0, 0.05) is 38.2 Å². The Morgan fingerprint density at radius 1 is 1.05 bits per heavy atom. The average molecular weight is 315 g/mol. The fourth-order valence-electron chi connectivity index (χ4n) is 2.22. The van der Waals surface area contributed by atoms with Crippen LogP contribution < -0.4 is 0 Å². The highest BCUT2D eigenvalue weighted by Crippen LogP contribution is 2.36. The lowest BCUT2D eigenvalue weighted by molar-refractivity contribution is -0.266. The van der Waals surface area contributed by atoms with Crippen LogP contribution in [0.25, 0.3) is 0 Å². The number of ketones is 1. The number of ether oxygens (including phenoxy) is 2. The molecule has 21 heavy (non-hydrogen) atoms. The molecule has 0 atom stereocenters. The van der Waals surface area contributed by atoms with E-state index in [9.17, 15) is 26.7 Å². The molecule has 0 aromatic carbocycles. The minimum absolute atomic E-state index is 0.266. The molecular weight excluding hydrogens is 301 g/mol. The van der Waals surface area contributed by atoms with Gasteiger partial charge in [-0.2, -0.15) is 22.0 Å². The summed E-state index contributed by atoms with van der Waals surface area (Å²) in [6, 6.07) is 0. The molecule has 2 aliphatic rings. The van der Waals surface area contributed by atoms with Gasteiger partial charge in [-0.05, 0) is 0 Å². The zero-order valence-corrected chi connectivity index (χ0v) is 11.0. The summed E-state index contributed by atoms with van der Waals surface area (Å²) >= 11 is 0. The third-order valence-electron chi connectivity index (χ3n) is 3.48. The van der Waals surface area contributed by atoms with Gasteiger partial charge in [0.2, 0.25) is 5.78 Å². The van der Waals surface area contributed by atoms with Crippen LogP contribution in [0.15, 0.2) is 12.3 Å². The number of likely N-dealkylation sites (tertiary alicyclic amines) is 1. The number of allylic oxidation sites excluding steroid dienone is 1. The smallest absolute Gasteiger partial charge is 0.377 e. The normalized spacial score (nSPS) is 23.2. The summed E-state index contributed by atoms with van der Waals surface area (Å²) in [6.45, 7) is 1.65. The molecule has 2 fully saturated rings. The Labute approximate surface area is 117 Å². The molecule has 0 bridgehead atoms. The quantitative estimate of drug-likeness (QED) is 0.591. The van der Waals surface area contributed by atoms with Crippen LogP contribution in [0.2, 0.25) is 0 Å². The van der Waals surface area contributed by atoms with Gasteiger partial charge in [-0.25, -0.2) is 0 Å². The first-order chi connectivity index (χ1) is 9.66. The van der Waals surface area contributed by atoms with Crippen molar-refractivity contribution in [3.8, 4) is 0 Å². The maximum atomic E-state index is 12.7. The van der Waals surface area contributed by atoms with Crippen molar-refractivity contribution in [1.29, 1.82) is 0 Å². The molecule has 0 amide bonds. The van der Waals surface area contributed by atoms with E-state index in [1.807, 2.05) is 0 Å². The van der Waals surface area contributed by atoms with Crippen LogP contribution in [-0.2, 0) is 14.3 Å². The maximum absolute atomic E-state index is 12.7. The summed E-state index contributed by atoms with van der Waals surface area (Å²) in [7, 11) is 0. The zero-order chi connectivity index (χ0) is 15.7. The molecule has 9 heteroatoms. The number of hydrogen-bond acceptors (Lipinski definition) is 4. The molecule has 120 valence electrons. The molecule has 0 unspecified atom stereocenters. The van der Waals surface area contributed by atoms with Gasteiger partial charge in [0.05, 0.1) is 13.2 Å². The van der Waals surface area contributed by atoms with E-state index in [2.05, 4.69) is 0 Å². The van der Waals surface area contributed by atoms with Crippen LogP contribution in [0.5, 0.6) is 0 Å². The van der Waals surface area contributed by atoms with E-state index in [0.717, 1.165) is 6.20 Å². The third kappa shape index (κ3) is 3.34. The molecule has 2 saturated heterocycles. The number of nitrogens with zero attached hydrogens (tertiary/aromatic N) is 1. The summed E-state index contributed by atoms with van der Waals surface area (Å²) in [5.41, 5.74) is 0. The molecule has 0 radical (unpaired) electrons. The van der Waals surface area contributed by atoms with Gasteiger partial charge in [-0.1, -0.05) is 0 Å². The minimum Gasteiger partial charge on any atom is -0.377 e. The maximum Gasteiger partial charge on any atom is 0.461 e. The van der Waals surface area contributed by atoms with Crippen molar-refractivity contribution in [3.63, 3.8) is 0 Å². The molecule has 1 spiro atoms. The van der Waals surface area contributed by atoms with Gasteiger partial charge < -0.3 is 14.4 Å². The second-order valence-corrected chi connectivity index (χ2v) is 4.90. The Hall–Kier alpha value is -1.22. The fourth-order valence-corrected chi connectivity index (χ4v) is 2.22. The Morgan fingerprint density at radius 3 is 2.05 bits per heavy atom. The first-order valence-electron chi connectivity index (χ1n) is 6.35. The Balaban J connectivity index is 1.89. The van der Waals surface area contributed by atoms with Gasteiger partial charge in [0.1, 0.15) is 0 Å². The van der Waals surface area contributed by atoms with Crippen molar-refractivity contribution in [1.82, 2.24) is 4.90 Å². The van der Waals surface area contributed by atoms with E-state index < -0.39 is 23.7 Å². The molecule has 0 aromatic heterocycles. The molecule has 2 rings (SSSR count). The van der Waals surface area contributed by atoms with Gasteiger partial charge in [-0.15, -0.1) is 0 Å². The number of rotatable bonds is 3. The van der Waals surface area contributed by atoms with E-state index in [1.165, 1.54) is 4.90 Å². The summed E-state index contributed by atoms with van der Waals surface area (Å²) in [5, 5.41) is 0. The van der Waals surface area contributed by atoms with Crippen LogP contribution in [-0.4, -0.2) is 54.9 Å². The fraction of sp³-hybridized carbons (Fsp3) is 0.750. The lowest BCUT2D eigenvalue weighted by atomic mass is 10.0. The highest BCUT2D eigenvalue weighted by molar-refractivity contribution is 5.96. The number of carbonyl (C=O) groups is 1. The zero-order valence-electron chi connectivity index (χ0n) is 11.0. The molecular formula is C12H14F5NO3. The first kappa shape index (κ1) is 16.2. The molecule has 0 N–H and O–H groups in total. The van der Waals surface area contributed by atoms with Crippen LogP contribution in [0.3, 0.4) is 0 Å². The third-order valence-corrected chi connectivity index (χ3v) is 3.48. The topological polar surface area (TPSA) is 38.8 Å². The second kappa shape index (κ2) is 5.53. The number of carbonyl (C=O) groups excluding carboxylic acids is 1. The van der Waals surface area contributed by atoms with Crippen LogP contribution in [0.4, 0.5) is 22.0 Å². The van der Waals surface area contributed by atoms with Crippen molar-refractivity contribution in [2.45, 2.75) is 30.7 Å². The van der Waals surface area contributed by atoms with Crippen molar-refractivity contribution in [2.75, 3.05) is 26.3 Å². The largest absolute Gasteiger partial charge is 0.461 e. The monoisotopic (exact) mass is 315 g/mol. The van der Waals surface area contributed by atoms with E-state index in [-0.39, 0.29) is 6.08 Å². The summed E-state index contributed by atoms with van der Waals surface area (Å²) in [4.78, 5) is 12.5. The van der Waals surface area contributed by atoms with E-state index in [4.69, 9.17) is 9.47 Å². The predicted octanol–water partition coefficient (Wildman–Crippen LogP) is 2.11. The van der Waals surface area contributed by atoms with E-state index >= 15 is 0 Å². The Morgan fingerprint density at radius 2 is 1.57 bits per heavy atom. The van der Waals surface area contributed by atoms with Crippen LogP contribution in [0.1, 0.15) is 12.8 Å². The summed E-state index contributed by atoms with van der Waals surface area (Å²) in [6.07, 6.45) is -3.74. The number of piperidine rings is 1. The Kier molecular flexibility index (Phi) is 4.25. The lowest BCUT2D eigenvalue weighted by Crippen LogP contribution is -2.44. The van der Waals surface area contributed by atoms with Gasteiger partial charge in [0.15, 0.2) is 5.79 Å². The highest BCUT2D eigenvalue weighted by atomic mass is 19.4. The predicted molar refractivity (Wildman–Crippen MR) is 60.6 cm³/mol. The molecule has 0 aliphatic carbocycles. The molecule has 2 heterocycles. The SMILES string of the molecule is O=C(C=CN1CCC2(CC1)OCCO2)C(F)(F)C(F)(F)F. The number of hydrogen-bond donors (Lipinski definition) is 0. The summed E-state index contributed by atoms with van der Waals surface area (Å²) in [5.74, 6) is -8.31. The average Bonchev–Trinajstić information content (AvgIpc) is 2.85. The lowest BCUT2D eigenvalue weighted by Gasteiger charge is -2.37. The Bertz CT molecular complexity index is 419. The number of halogens is 5. The first-order valence-corrected chi connectivity index (χ1v) is 6.35. The highest BCUT2D eigenvalue weighted by Gasteiger charge is 2.62.